The van der Waals surface area contributed by atoms with Gasteiger partial charge in [0, 0.05) is 35.6 Å². The van der Waals surface area contributed by atoms with Gasteiger partial charge in [0.2, 0.25) is 0 Å². The molecule has 33 heavy (non-hydrogen) atoms. The lowest BCUT2D eigenvalue weighted by molar-refractivity contribution is 0.388. The topological polar surface area (TPSA) is 54.2 Å². The quantitative estimate of drug-likeness (QED) is 0.329. The minimum Gasteiger partial charge on any atom is -0.383 e. The van der Waals surface area contributed by atoms with Crippen LogP contribution in [0.4, 0.5) is 0 Å². The van der Waals surface area contributed by atoms with Crippen LogP contribution in [0.3, 0.4) is 0 Å². The van der Waals surface area contributed by atoms with Gasteiger partial charge in [-0.2, -0.15) is 0 Å². The van der Waals surface area contributed by atoms with Crippen molar-refractivity contribution in [3.8, 4) is 0 Å². The average Bonchev–Trinajstić information content (AvgIpc) is 2.81. The second kappa shape index (κ2) is 12.7. The van der Waals surface area contributed by atoms with E-state index in [4.69, 9.17) is 22.3 Å². The number of benzene rings is 1. The summed E-state index contributed by atoms with van der Waals surface area (Å²) in [4.78, 5) is 7.39. The average molecular weight is 487 g/mol. The summed E-state index contributed by atoms with van der Waals surface area (Å²) in [6.45, 7) is 13.3. The highest BCUT2D eigenvalue weighted by Gasteiger charge is 2.23. The van der Waals surface area contributed by atoms with Crippen LogP contribution in [0, 0.1) is 5.92 Å². The molecule has 1 atom stereocenters. The van der Waals surface area contributed by atoms with Gasteiger partial charge in [0.1, 0.15) is 0 Å². The Labute approximate surface area is 209 Å². The molecule has 3 rings (SSSR count). The van der Waals surface area contributed by atoms with Crippen LogP contribution < -0.4 is 11.1 Å². The van der Waals surface area contributed by atoms with Gasteiger partial charge < -0.3 is 16.0 Å². The number of pyridine rings is 1. The molecule has 1 aliphatic rings. The zero-order valence-electron chi connectivity index (χ0n) is 20.3. The second-order valence-corrected chi connectivity index (χ2v) is 10.2. The molecule has 0 bridgehead atoms. The van der Waals surface area contributed by atoms with E-state index >= 15 is 0 Å². The van der Waals surface area contributed by atoms with E-state index in [1.165, 1.54) is 24.1 Å². The van der Waals surface area contributed by atoms with Crippen LogP contribution in [0.5, 0.6) is 0 Å². The maximum Gasteiger partial charge on any atom is 0.0727 e. The smallest absolute Gasteiger partial charge is 0.0727 e. The number of hydrogen-bond donors (Lipinski definition) is 2. The van der Waals surface area contributed by atoms with Gasteiger partial charge in [-0.15, -0.1) is 11.8 Å². The summed E-state index contributed by atoms with van der Waals surface area (Å²) in [5, 5.41) is 5.40. The first-order chi connectivity index (χ1) is 16.0. The highest BCUT2D eigenvalue weighted by atomic mass is 35.5. The third-order valence-electron chi connectivity index (χ3n) is 6.58. The molecule has 1 heterocycles. The van der Waals surface area contributed by atoms with Gasteiger partial charge in [-0.3, -0.25) is 4.98 Å². The Morgan fingerprint density at radius 1 is 1.36 bits per heavy atom. The molecule has 3 N–H and O–H groups in total. The number of unbranched alkanes of at least 4 members (excludes halogenated alkanes) is 1. The number of fused-ring (bicyclic) bond motifs is 2. The monoisotopic (exact) mass is 486 g/mol. The SMILES string of the molecule is C=C(NCCN(CSC)C(=C)CCCC)c1ccc2c(Cl)c3c(nc2c1)CC(CCN)CC3. The van der Waals surface area contributed by atoms with E-state index in [0.717, 1.165) is 90.5 Å². The number of hydrogen-bond acceptors (Lipinski definition) is 5. The molecule has 1 unspecified atom stereocenters. The Bertz CT molecular complexity index is 974. The van der Waals surface area contributed by atoms with Gasteiger partial charge >= 0.3 is 0 Å². The van der Waals surface area contributed by atoms with E-state index < -0.39 is 0 Å². The highest BCUT2D eigenvalue weighted by Crippen LogP contribution is 2.36. The Morgan fingerprint density at radius 2 is 2.18 bits per heavy atom. The largest absolute Gasteiger partial charge is 0.383 e. The standard InChI is InChI=1S/C27H39ClN4S/c1-5-6-7-19(2)32(18-33-4)15-14-30-20(3)22-9-11-24-26(17-22)31-25-16-21(12-13-29)8-10-23(25)27(24)28/h9,11,17,21,30H,2-3,5-8,10,12-16,18,29H2,1,4H3. The van der Waals surface area contributed by atoms with E-state index in [0.29, 0.717) is 5.92 Å². The molecule has 0 fully saturated rings. The van der Waals surface area contributed by atoms with Crippen LogP contribution in [-0.4, -0.2) is 41.7 Å². The molecule has 0 amide bonds. The minimum absolute atomic E-state index is 0.611. The molecule has 2 aromatic rings. The van der Waals surface area contributed by atoms with Crippen molar-refractivity contribution < 1.29 is 0 Å². The maximum atomic E-state index is 6.81. The molecule has 0 saturated heterocycles. The van der Waals surface area contributed by atoms with E-state index in [1.54, 1.807) is 0 Å². The number of rotatable bonds is 13. The summed E-state index contributed by atoms with van der Waals surface area (Å²) in [6, 6.07) is 6.30. The fourth-order valence-electron chi connectivity index (χ4n) is 4.58. The normalized spacial score (nSPS) is 15.3. The summed E-state index contributed by atoms with van der Waals surface area (Å²) in [5.74, 6) is 1.57. The van der Waals surface area contributed by atoms with Crippen molar-refractivity contribution in [2.24, 2.45) is 11.7 Å². The van der Waals surface area contributed by atoms with Crippen LogP contribution >= 0.6 is 23.4 Å². The summed E-state index contributed by atoms with van der Waals surface area (Å²) in [6.07, 6.45) is 9.74. The lowest BCUT2D eigenvalue weighted by atomic mass is 9.84. The summed E-state index contributed by atoms with van der Waals surface area (Å²) < 4.78 is 0. The van der Waals surface area contributed by atoms with Crippen LogP contribution in [0.15, 0.2) is 37.1 Å². The van der Waals surface area contributed by atoms with Gasteiger partial charge in [-0.1, -0.05) is 50.2 Å². The molecule has 6 heteroatoms. The molecule has 4 nitrogen and oxygen atoms in total. The molecule has 0 spiro atoms. The van der Waals surface area contributed by atoms with Crippen molar-refractivity contribution in [2.75, 3.05) is 31.8 Å². The number of halogens is 1. The summed E-state index contributed by atoms with van der Waals surface area (Å²) in [7, 11) is 0. The number of allylic oxidation sites excluding steroid dienone is 1. The molecule has 0 aliphatic heterocycles. The predicted molar refractivity (Wildman–Crippen MR) is 147 cm³/mol. The maximum absolute atomic E-state index is 6.81. The first-order valence-electron chi connectivity index (χ1n) is 12.1. The van der Waals surface area contributed by atoms with Crippen molar-refractivity contribution in [3.05, 3.63) is 58.9 Å². The Kier molecular flexibility index (Phi) is 9.96. The Morgan fingerprint density at radius 3 is 2.91 bits per heavy atom. The fourth-order valence-corrected chi connectivity index (χ4v) is 5.57. The van der Waals surface area contributed by atoms with Crippen molar-refractivity contribution >= 4 is 40.0 Å². The van der Waals surface area contributed by atoms with Crippen LogP contribution in [0.2, 0.25) is 5.02 Å². The van der Waals surface area contributed by atoms with Gasteiger partial charge in [0.05, 0.1) is 16.4 Å². The molecular weight excluding hydrogens is 448 g/mol. The summed E-state index contributed by atoms with van der Waals surface area (Å²) in [5.41, 5.74) is 12.3. The zero-order chi connectivity index (χ0) is 23.8. The first-order valence-corrected chi connectivity index (χ1v) is 13.9. The predicted octanol–water partition coefficient (Wildman–Crippen LogP) is 6.23. The van der Waals surface area contributed by atoms with Crippen molar-refractivity contribution in [3.63, 3.8) is 0 Å². The molecular formula is C27H39ClN4S. The molecule has 180 valence electrons. The summed E-state index contributed by atoms with van der Waals surface area (Å²) >= 11 is 8.64. The molecule has 0 radical (unpaired) electrons. The van der Waals surface area contributed by atoms with Crippen LogP contribution in [0.1, 0.15) is 55.8 Å². The second-order valence-electron chi connectivity index (χ2n) is 9.03. The number of nitrogens with two attached hydrogens (primary N) is 1. The lowest BCUT2D eigenvalue weighted by Gasteiger charge is -2.26. The van der Waals surface area contributed by atoms with Crippen molar-refractivity contribution in [1.29, 1.82) is 0 Å². The zero-order valence-corrected chi connectivity index (χ0v) is 21.8. The fraction of sp³-hybridized carbons (Fsp3) is 0.519. The molecule has 1 aromatic carbocycles. The molecule has 0 saturated carbocycles. The third kappa shape index (κ3) is 6.68. The molecule has 1 aliphatic carbocycles. The lowest BCUT2D eigenvalue weighted by Crippen LogP contribution is -2.30. The number of thioether (sulfide) groups is 1. The van der Waals surface area contributed by atoms with Crippen LogP contribution in [0.25, 0.3) is 16.6 Å². The number of aromatic nitrogens is 1. The van der Waals surface area contributed by atoms with Crippen molar-refractivity contribution in [2.45, 2.75) is 51.9 Å². The van der Waals surface area contributed by atoms with Gasteiger partial charge in [0.25, 0.3) is 0 Å². The van der Waals surface area contributed by atoms with Crippen LogP contribution in [-0.2, 0) is 12.8 Å². The number of nitrogens with zero attached hydrogens (tertiary/aromatic N) is 2. The Hall–Kier alpha value is -1.69. The van der Waals surface area contributed by atoms with Gasteiger partial charge in [-0.25, -0.2) is 0 Å². The highest BCUT2D eigenvalue weighted by molar-refractivity contribution is 7.98. The molecule has 1 aromatic heterocycles. The first kappa shape index (κ1) is 25.9. The van der Waals surface area contributed by atoms with Gasteiger partial charge in [0.15, 0.2) is 0 Å². The third-order valence-corrected chi connectivity index (χ3v) is 7.58. The van der Waals surface area contributed by atoms with E-state index in [-0.39, 0.29) is 0 Å². The van der Waals surface area contributed by atoms with E-state index in [9.17, 15) is 0 Å². The number of nitrogens with one attached hydrogen (secondary N) is 1. The van der Waals surface area contributed by atoms with E-state index in [2.05, 4.69) is 54.8 Å². The van der Waals surface area contributed by atoms with Crippen molar-refractivity contribution in [1.82, 2.24) is 15.2 Å². The van der Waals surface area contributed by atoms with Gasteiger partial charge in [-0.05, 0) is 74.4 Å². The van der Waals surface area contributed by atoms with E-state index in [1.807, 2.05) is 11.8 Å². The Balaban J connectivity index is 1.68. The minimum atomic E-state index is 0.611.